The summed E-state index contributed by atoms with van der Waals surface area (Å²) >= 11 is 6.10. The summed E-state index contributed by atoms with van der Waals surface area (Å²) in [6.07, 6.45) is 2.62. The quantitative estimate of drug-likeness (QED) is 0.784. The molecular weight excluding hydrogens is 366 g/mol. The molecule has 2 fully saturated rings. The average Bonchev–Trinajstić information content (AvgIpc) is 3.34. The minimum Gasteiger partial charge on any atom is -0.384 e. The second-order valence-corrected chi connectivity index (χ2v) is 7.39. The van der Waals surface area contributed by atoms with Crippen LogP contribution in [-0.2, 0) is 9.53 Å². The van der Waals surface area contributed by atoms with Gasteiger partial charge in [0.05, 0.1) is 6.61 Å². The molecule has 1 amide bonds. The number of ether oxygens (including phenoxy) is 1. The number of rotatable bonds is 6. The van der Waals surface area contributed by atoms with Gasteiger partial charge in [0.25, 0.3) is 0 Å². The lowest BCUT2D eigenvalue weighted by Gasteiger charge is -2.37. The predicted octanol–water partition coefficient (Wildman–Crippen LogP) is 3.14. The van der Waals surface area contributed by atoms with E-state index in [-0.39, 0.29) is 41.4 Å². The van der Waals surface area contributed by atoms with E-state index in [0.717, 1.165) is 25.9 Å². The highest BCUT2D eigenvalue weighted by molar-refractivity contribution is 6.31. The number of nitrogens with one attached hydrogen (secondary N) is 2. The second kappa shape index (κ2) is 8.67. The first-order valence-corrected chi connectivity index (χ1v) is 8.85. The Hall–Kier alpha value is -0.880. The average molecular weight is 391 g/mol. The Labute approximate surface area is 159 Å². The molecule has 2 N–H and O–H groups in total. The van der Waals surface area contributed by atoms with Crippen LogP contribution in [0.25, 0.3) is 0 Å². The first-order valence-electron chi connectivity index (χ1n) is 8.48. The van der Waals surface area contributed by atoms with Gasteiger partial charge >= 0.3 is 0 Å². The first kappa shape index (κ1) is 20.4. The van der Waals surface area contributed by atoms with Gasteiger partial charge in [-0.15, -0.1) is 12.4 Å². The Morgan fingerprint density at radius 2 is 2.16 bits per heavy atom. The molecule has 1 aliphatic heterocycles. The van der Waals surface area contributed by atoms with Crippen molar-refractivity contribution in [3.63, 3.8) is 0 Å². The zero-order valence-electron chi connectivity index (χ0n) is 14.3. The molecule has 4 nitrogen and oxygen atoms in total. The summed E-state index contributed by atoms with van der Waals surface area (Å²) < 4.78 is 19.3. The number of hydrogen-bond acceptors (Lipinski definition) is 3. The fourth-order valence-corrected chi connectivity index (χ4v) is 4.01. The molecule has 0 spiro atoms. The lowest BCUT2D eigenvalue weighted by molar-refractivity contribution is -0.123. The van der Waals surface area contributed by atoms with Crippen LogP contribution in [0.2, 0.25) is 5.02 Å². The molecule has 140 valence electrons. The predicted molar refractivity (Wildman–Crippen MR) is 98.9 cm³/mol. The van der Waals surface area contributed by atoms with E-state index in [4.69, 9.17) is 16.3 Å². The SMILES string of the molecule is COCC1(CNC(=O)C2CC2c2c(F)cccc2Cl)CCNCC1.Cl. The van der Waals surface area contributed by atoms with E-state index in [1.54, 1.807) is 19.2 Å². The number of methoxy groups -OCH3 is 1. The summed E-state index contributed by atoms with van der Waals surface area (Å²) in [4.78, 5) is 12.5. The minimum atomic E-state index is -0.322. The molecule has 7 heteroatoms. The summed E-state index contributed by atoms with van der Waals surface area (Å²) in [5.74, 6) is -0.615. The largest absolute Gasteiger partial charge is 0.384 e. The van der Waals surface area contributed by atoms with Crippen LogP contribution >= 0.6 is 24.0 Å². The third kappa shape index (κ3) is 4.64. The Bertz CT molecular complexity index is 583. The number of piperidine rings is 1. The summed E-state index contributed by atoms with van der Waals surface area (Å²) in [6.45, 7) is 3.13. The number of amides is 1. The Morgan fingerprint density at radius 1 is 1.44 bits per heavy atom. The van der Waals surface area contributed by atoms with Crippen molar-refractivity contribution in [2.45, 2.75) is 25.2 Å². The Kier molecular flexibility index (Phi) is 7.09. The fraction of sp³-hybridized carbons (Fsp3) is 0.611. The molecular formula is C18H25Cl2FN2O2. The zero-order chi connectivity index (χ0) is 17.2. The fourth-order valence-electron chi connectivity index (χ4n) is 3.71. The molecule has 1 saturated carbocycles. The molecule has 1 aromatic carbocycles. The molecule has 1 saturated heterocycles. The van der Waals surface area contributed by atoms with Crippen molar-refractivity contribution >= 4 is 29.9 Å². The van der Waals surface area contributed by atoms with E-state index in [1.165, 1.54) is 6.07 Å². The van der Waals surface area contributed by atoms with Crippen molar-refractivity contribution in [2.24, 2.45) is 11.3 Å². The van der Waals surface area contributed by atoms with Gasteiger partial charge in [-0.1, -0.05) is 17.7 Å². The van der Waals surface area contributed by atoms with E-state index in [0.29, 0.717) is 30.2 Å². The Balaban J connectivity index is 0.00000225. The zero-order valence-corrected chi connectivity index (χ0v) is 15.9. The molecule has 1 aromatic rings. The minimum absolute atomic E-state index is 0. The molecule has 3 rings (SSSR count). The first-order chi connectivity index (χ1) is 11.6. The molecule has 25 heavy (non-hydrogen) atoms. The van der Waals surface area contributed by atoms with Crippen molar-refractivity contribution in [2.75, 3.05) is 33.4 Å². The van der Waals surface area contributed by atoms with E-state index >= 15 is 0 Å². The standard InChI is InChI=1S/C18H24ClFN2O2.ClH/c1-24-11-18(5-7-21-8-6-18)10-22-17(23)13-9-12(13)16-14(19)3-2-4-15(16)20;/h2-4,12-13,21H,5-11H2,1H3,(H,22,23);1H. The number of halogens is 3. The summed E-state index contributed by atoms with van der Waals surface area (Å²) in [6, 6.07) is 4.66. The highest BCUT2D eigenvalue weighted by Gasteiger charge is 2.46. The number of benzene rings is 1. The molecule has 0 radical (unpaired) electrons. The van der Waals surface area contributed by atoms with E-state index < -0.39 is 0 Å². The Morgan fingerprint density at radius 3 is 2.80 bits per heavy atom. The number of carbonyl (C=O) groups excluding carboxylic acids is 1. The van der Waals surface area contributed by atoms with E-state index in [1.807, 2.05) is 0 Å². The maximum atomic E-state index is 14.0. The molecule has 2 atom stereocenters. The van der Waals surface area contributed by atoms with Gasteiger partial charge in [0.15, 0.2) is 0 Å². The third-order valence-electron chi connectivity index (χ3n) is 5.25. The maximum Gasteiger partial charge on any atom is 0.223 e. The van der Waals surface area contributed by atoms with Gasteiger partial charge in [-0.3, -0.25) is 4.79 Å². The summed E-state index contributed by atoms with van der Waals surface area (Å²) in [5, 5.41) is 6.81. The molecule has 1 heterocycles. The lowest BCUT2D eigenvalue weighted by Crippen LogP contribution is -2.47. The summed E-state index contributed by atoms with van der Waals surface area (Å²) in [5.41, 5.74) is 0.475. The van der Waals surface area contributed by atoms with Crippen LogP contribution in [0.15, 0.2) is 18.2 Å². The van der Waals surface area contributed by atoms with Crippen LogP contribution in [0.4, 0.5) is 4.39 Å². The van der Waals surface area contributed by atoms with Gasteiger partial charge in [0.1, 0.15) is 5.82 Å². The smallest absolute Gasteiger partial charge is 0.223 e. The van der Waals surface area contributed by atoms with Crippen molar-refractivity contribution in [1.82, 2.24) is 10.6 Å². The van der Waals surface area contributed by atoms with Crippen LogP contribution < -0.4 is 10.6 Å². The molecule has 1 aliphatic carbocycles. The van der Waals surface area contributed by atoms with Gasteiger partial charge in [-0.2, -0.15) is 0 Å². The van der Waals surface area contributed by atoms with Gasteiger partial charge < -0.3 is 15.4 Å². The van der Waals surface area contributed by atoms with Crippen LogP contribution in [0, 0.1) is 17.2 Å². The van der Waals surface area contributed by atoms with Crippen molar-refractivity contribution in [3.05, 3.63) is 34.6 Å². The van der Waals surface area contributed by atoms with Crippen molar-refractivity contribution in [1.29, 1.82) is 0 Å². The summed E-state index contributed by atoms with van der Waals surface area (Å²) in [7, 11) is 1.70. The normalized spacial score (nSPS) is 24.3. The number of carbonyl (C=O) groups is 1. The van der Waals surface area contributed by atoms with Gasteiger partial charge in [0.2, 0.25) is 5.91 Å². The number of hydrogen-bond donors (Lipinski definition) is 2. The molecule has 0 aromatic heterocycles. The topological polar surface area (TPSA) is 50.4 Å². The van der Waals surface area contributed by atoms with Crippen molar-refractivity contribution < 1.29 is 13.9 Å². The molecule has 0 bridgehead atoms. The monoisotopic (exact) mass is 390 g/mol. The van der Waals surface area contributed by atoms with Crippen LogP contribution in [0.3, 0.4) is 0 Å². The highest BCUT2D eigenvalue weighted by Crippen LogP contribution is 2.50. The van der Waals surface area contributed by atoms with E-state index in [2.05, 4.69) is 10.6 Å². The van der Waals surface area contributed by atoms with Gasteiger partial charge in [-0.25, -0.2) is 4.39 Å². The lowest BCUT2D eigenvalue weighted by atomic mass is 9.79. The molecule has 2 unspecified atom stereocenters. The molecule has 2 aliphatic rings. The third-order valence-corrected chi connectivity index (χ3v) is 5.58. The maximum absolute atomic E-state index is 14.0. The highest BCUT2D eigenvalue weighted by atomic mass is 35.5. The second-order valence-electron chi connectivity index (χ2n) is 6.98. The van der Waals surface area contributed by atoms with E-state index in [9.17, 15) is 9.18 Å². The van der Waals surface area contributed by atoms with Crippen LogP contribution in [0.1, 0.15) is 30.7 Å². The van der Waals surface area contributed by atoms with Crippen LogP contribution in [0.5, 0.6) is 0 Å². The van der Waals surface area contributed by atoms with Gasteiger partial charge in [-0.05, 0) is 44.5 Å². The van der Waals surface area contributed by atoms with Crippen molar-refractivity contribution in [3.8, 4) is 0 Å². The van der Waals surface area contributed by atoms with Crippen LogP contribution in [-0.4, -0.2) is 39.3 Å². The van der Waals surface area contributed by atoms with Gasteiger partial charge in [0, 0.05) is 41.5 Å².